The molecule has 2 N–H and O–H groups in total. The van der Waals surface area contributed by atoms with Crippen molar-refractivity contribution in [3.63, 3.8) is 0 Å². The summed E-state index contributed by atoms with van der Waals surface area (Å²) in [5.74, 6) is 1.78. The van der Waals surface area contributed by atoms with Gasteiger partial charge >= 0.3 is 0 Å². The van der Waals surface area contributed by atoms with Gasteiger partial charge in [0.25, 0.3) is 0 Å². The van der Waals surface area contributed by atoms with Crippen LogP contribution in [0.2, 0.25) is 0 Å². The molecule has 0 radical (unpaired) electrons. The topological polar surface area (TPSA) is 45.7 Å². The zero-order valence-corrected chi connectivity index (χ0v) is 15.1. The molecule has 0 aliphatic rings. The number of nitrogens with one attached hydrogen (secondary N) is 2. The van der Waals surface area contributed by atoms with Crippen molar-refractivity contribution >= 4 is 29.9 Å². The van der Waals surface area contributed by atoms with Gasteiger partial charge in [-0.3, -0.25) is 4.99 Å². The lowest BCUT2D eigenvalue weighted by Gasteiger charge is -2.14. The summed E-state index contributed by atoms with van der Waals surface area (Å²) in [6.45, 7) is 5.11. The van der Waals surface area contributed by atoms with Crippen LogP contribution in [0.15, 0.2) is 29.3 Å². The smallest absolute Gasteiger partial charge is 0.191 e. The van der Waals surface area contributed by atoms with Crippen LogP contribution < -0.4 is 15.4 Å². The van der Waals surface area contributed by atoms with Crippen LogP contribution in [-0.4, -0.2) is 32.7 Å². The lowest BCUT2D eigenvalue weighted by molar-refractivity contribution is 0.414. The maximum atomic E-state index is 5.22. The average Bonchev–Trinajstić information content (AvgIpc) is 2.42. The molecule has 0 amide bonds. The van der Waals surface area contributed by atoms with Crippen LogP contribution in [0.4, 0.5) is 0 Å². The van der Waals surface area contributed by atoms with E-state index in [0.29, 0.717) is 6.04 Å². The van der Waals surface area contributed by atoms with Gasteiger partial charge in [-0.05, 0) is 44.4 Å². The zero-order chi connectivity index (χ0) is 14.1. The van der Waals surface area contributed by atoms with Crippen LogP contribution in [0.1, 0.15) is 25.8 Å². The summed E-state index contributed by atoms with van der Waals surface area (Å²) in [5, 5.41) is 6.57. The van der Waals surface area contributed by atoms with Crippen molar-refractivity contribution in [2.24, 2.45) is 4.99 Å². The van der Waals surface area contributed by atoms with E-state index in [0.717, 1.165) is 31.1 Å². The van der Waals surface area contributed by atoms with Gasteiger partial charge in [-0.2, -0.15) is 0 Å². The van der Waals surface area contributed by atoms with Gasteiger partial charge in [0.15, 0.2) is 5.96 Å². The fraction of sp³-hybridized carbons (Fsp3) is 0.533. The number of nitrogens with zero attached hydrogens (tertiary/aromatic N) is 1. The Morgan fingerprint density at radius 2 is 2.10 bits per heavy atom. The van der Waals surface area contributed by atoms with Gasteiger partial charge in [-0.15, -0.1) is 24.0 Å². The minimum absolute atomic E-state index is 0. The maximum Gasteiger partial charge on any atom is 0.191 e. The summed E-state index contributed by atoms with van der Waals surface area (Å²) < 4.78 is 5.22. The van der Waals surface area contributed by atoms with E-state index in [1.807, 2.05) is 12.1 Å². The number of halogens is 1. The number of aliphatic imine (C=N–C) groups is 1. The standard InChI is InChI=1S/C15H25N3O.HI/c1-12(2)18-15(16-3)17-10-6-8-13-7-5-9-14(11-13)19-4;/h5,7,9,11-12H,6,8,10H2,1-4H3,(H2,16,17,18);1H. The zero-order valence-electron chi connectivity index (χ0n) is 12.8. The van der Waals surface area contributed by atoms with Crippen LogP contribution in [0.25, 0.3) is 0 Å². The summed E-state index contributed by atoms with van der Waals surface area (Å²) in [4.78, 5) is 4.17. The number of guanidine groups is 1. The van der Waals surface area contributed by atoms with Crippen molar-refractivity contribution in [2.45, 2.75) is 32.7 Å². The molecule has 0 heterocycles. The molecule has 0 saturated carbocycles. The Morgan fingerprint density at radius 1 is 1.35 bits per heavy atom. The predicted molar refractivity (Wildman–Crippen MR) is 96.4 cm³/mol. The minimum atomic E-state index is 0. The quantitative estimate of drug-likeness (QED) is 0.339. The second-order valence-electron chi connectivity index (χ2n) is 4.75. The third-order valence-corrected chi connectivity index (χ3v) is 2.72. The summed E-state index contributed by atoms with van der Waals surface area (Å²) in [6.07, 6.45) is 2.09. The lowest BCUT2D eigenvalue weighted by Crippen LogP contribution is -2.41. The molecular formula is C15H26IN3O. The van der Waals surface area contributed by atoms with Crippen molar-refractivity contribution < 1.29 is 4.74 Å². The number of methoxy groups -OCH3 is 1. The summed E-state index contributed by atoms with van der Waals surface area (Å²) in [5.41, 5.74) is 1.30. The van der Waals surface area contributed by atoms with Crippen LogP contribution in [-0.2, 0) is 6.42 Å². The van der Waals surface area contributed by atoms with E-state index in [2.05, 4.69) is 41.6 Å². The Kier molecular flexibility index (Phi) is 10.2. The normalized spacial score (nSPS) is 10.9. The molecule has 4 nitrogen and oxygen atoms in total. The molecule has 1 rings (SSSR count). The van der Waals surface area contributed by atoms with Gasteiger partial charge in [0, 0.05) is 19.6 Å². The minimum Gasteiger partial charge on any atom is -0.497 e. The van der Waals surface area contributed by atoms with Crippen LogP contribution in [0.3, 0.4) is 0 Å². The summed E-state index contributed by atoms with van der Waals surface area (Å²) in [7, 11) is 3.49. The van der Waals surface area contributed by atoms with E-state index >= 15 is 0 Å². The highest BCUT2D eigenvalue weighted by Crippen LogP contribution is 2.13. The van der Waals surface area contributed by atoms with Gasteiger partial charge < -0.3 is 15.4 Å². The van der Waals surface area contributed by atoms with E-state index in [9.17, 15) is 0 Å². The van der Waals surface area contributed by atoms with Crippen molar-refractivity contribution in [1.29, 1.82) is 0 Å². The highest BCUT2D eigenvalue weighted by atomic mass is 127. The Balaban J connectivity index is 0.00000361. The number of aryl methyl sites for hydroxylation is 1. The molecule has 1 aromatic carbocycles. The molecule has 0 spiro atoms. The average molecular weight is 391 g/mol. The summed E-state index contributed by atoms with van der Waals surface area (Å²) >= 11 is 0. The predicted octanol–water partition coefficient (Wildman–Crippen LogP) is 2.82. The molecule has 0 atom stereocenters. The number of hydrogen-bond donors (Lipinski definition) is 2. The van der Waals surface area contributed by atoms with Gasteiger partial charge in [0.1, 0.15) is 5.75 Å². The third-order valence-electron chi connectivity index (χ3n) is 2.72. The molecule has 114 valence electrons. The van der Waals surface area contributed by atoms with Crippen LogP contribution in [0.5, 0.6) is 5.75 Å². The van der Waals surface area contributed by atoms with Gasteiger partial charge in [0.05, 0.1) is 7.11 Å². The Morgan fingerprint density at radius 3 is 2.70 bits per heavy atom. The van der Waals surface area contributed by atoms with Gasteiger partial charge in [-0.1, -0.05) is 12.1 Å². The fourth-order valence-corrected chi connectivity index (χ4v) is 1.80. The Bertz CT molecular complexity index is 408. The molecule has 0 aliphatic heterocycles. The molecule has 0 saturated heterocycles. The van der Waals surface area contributed by atoms with Crippen molar-refractivity contribution in [3.8, 4) is 5.75 Å². The molecule has 0 unspecified atom stereocenters. The lowest BCUT2D eigenvalue weighted by atomic mass is 10.1. The van der Waals surface area contributed by atoms with Crippen molar-refractivity contribution in [3.05, 3.63) is 29.8 Å². The van der Waals surface area contributed by atoms with E-state index in [1.165, 1.54) is 5.56 Å². The molecule has 0 aliphatic carbocycles. The van der Waals surface area contributed by atoms with E-state index in [4.69, 9.17) is 4.74 Å². The molecule has 0 bridgehead atoms. The van der Waals surface area contributed by atoms with Crippen molar-refractivity contribution in [2.75, 3.05) is 20.7 Å². The van der Waals surface area contributed by atoms with Crippen LogP contribution >= 0.6 is 24.0 Å². The van der Waals surface area contributed by atoms with E-state index in [-0.39, 0.29) is 24.0 Å². The Hall–Kier alpha value is -0.980. The Labute approximate surface area is 139 Å². The number of hydrogen-bond acceptors (Lipinski definition) is 2. The molecule has 20 heavy (non-hydrogen) atoms. The second kappa shape index (κ2) is 10.8. The number of ether oxygens (including phenoxy) is 1. The first-order valence-corrected chi connectivity index (χ1v) is 6.76. The van der Waals surface area contributed by atoms with E-state index in [1.54, 1.807) is 14.2 Å². The van der Waals surface area contributed by atoms with Crippen LogP contribution in [0, 0.1) is 0 Å². The first kappa shape index (κ1) is 19.0. The molecule has 0 aromatic heterocycles. The number of rotatable bonds is 6. The third kappa shape index (κ3) is 7.57. The number of benzene rings is 1. The molecular weight excluding hydrogens is 365 g/mol. The monoisotopic (exact) mass is 391 g/mol. The molecule has 0 fully saturated rings. The van der Waals surface area contributed by atoms with Gasteiger partial charge in [-0.25, -0.2) is 0 Å². The largest absolute Gasteiger partial charge is 0.497 e. The fourth-order valence-electron chi connectivity index (χ4n) is 1.80. The second-order valence-corrected chi connectivity index (χ2v) is 4.75. The highest BCUT2D eigenvalue weighted by Gasteiger charge is 2.00. The molecule has 5 heteroatoms. The molecule has 1 aromatic rings. The maximum absolute atomic E-state index is 5.22. The van der Waals surface area contributed by atoms with Crippen molar-refractivity contribution in [1.82, 2.24) is 10.6 Å². The van der Waals surface area contributed by atoms with E-state index < -0.39 is 0 Å². The summed E-state index contributed by atoms with van der Waals surface area (Å²) in [6, 6.07) is 8.60. The first-order chi connectivity index (χ1) is 9.15. The first-order valence-electron chi connectivity index (χ1n) is 6.76. The highest BCUT2D eigenvalue weighted by molar-refractivity contribution is 14.0. The SMILES string of the molecule is CN=C(NCCCc1cccc(OC)c1)NC(C)C.I. The van der Waals surface area contributed by atoms with Gasteiger partial charge in [0.2, 0.25) is 0 Å².